The van der Waals surface area contributed by atoms with Gasteiger partial charge in [0.1, 0.15) is 18.3 Å². The summed E-state index contributed by atoms with van der Waals surface area (Å²) in [7, 11) is 1.17. The predicted octanol–water partition coefficient (Wildman–Crippen LogP) is -1.63. The highest BCUT2D eigenvalue weighted by Gasteiger charge is 2.46. The van der Waals surface area contributed by atoms with Crippen molar-refractivity contribution >= 4 is 5.97 Å². The Morgan fingerprint density at radius 2 is 1.52 bits per heavy atom. The van der Waals surface area contributed by atoms with E-state index >= 15 is 0 Å². The molecule has 128 valence electrons. The Morgan fingerprint density at radius 3 is 2.04 bits per heavy atom. The Kier molecular flexibility index (Phi) is 4.92. The molecule has 0 amide bonds. The monoisotopic (exact) mass is 332 g/mol. The molecule has 6 N–H and O–H groups in total. The minimum Gasteiger partial charge on any atom is -0.504 e. The van der Waals surface area contributed by atoms with Crippen LogP contribution in [0.3, 0.4) is 0 Å². The van der Waals surface area contributed by atoms with E-state index in [9.17, 15) is 35.4 Å². The van der Waals surface area contributed by atoms with Crippen LogP contribution in [-0.4, -0.2) is 74.6 Å². The fourth-order valence-corrected chi connectivity index (χ4v) is 2.01. The average molecular weight is 332 g/mol. The van der Waals surface area contributed by atoms with Crippen molar-refractivity contribution < 1.29 is 49.6 Å². The number of ether oxygens (including phenoxy) is 3. The summed E-state index contributed by atoms with van der Waals surface area (Å²) < 4.78 is 14.6. The van der Waals surface area contributed by atoms with Gasteiger partial charge in [-0.3, -0.25) is 0 Å². The molecule has 5 atom stereocenters. The fraction of sp³-hybridized carbons (Fsp3) is 0.462. The molecule has 0 aliphatic carbocycles. The van der Waals surface area contributed by atoms with Gasteiger partial charge < -0.3 is 44.8 Å². The summed E-state index contributed by atoms with van der Waals surface area (Å²) in [6.45, 7) is 0. The molecule has 0 bridgehead atoms. The van der Waals surface area contributed by atoms with Crippen LogP contribution in [0.5, 0.6) is 17.2 Å². The zero-order valence-corrected chi connectivity index (χ0v) is 11.9. The van der Waals surface area contributed by atoms with E-state index in [0.717, 1.165) is 12.1 Å². The van der Waals surface area contributed by atoms with Gasteiger partial charge in [-0.25, -0.2) is 4.79 Å². The second-order valence-corrected chi connectivity index (χ2v) is 4.85. The van der Waals surface area contributed by atoms with Gasteiger partial charge >= 0.3 is 5.97 Å². The standard InChI is InChI=1S/C13H16O10/c1-21-12-9(18)8(17)10(19)13(23-12)22-11(20)4-2-5(14)7(16)6(15)3-4/h2-3,8-10,12-19H,1H3/t8-,9-,10+,12-,13?/m0/s1. The molecular weight excluding hydrogens is 316 g/mol. The lowest BCUT2D eigenvalue weighted by molar-refractivity contribution is -0.333. The summed E-state index contributed by atoms with van der Waals surface area (Å²) in [4.78, 5) is 12.0. The number of phenols is 3. The van der Waals surface area contributed by atoms with Gasteiger partial charge in [-0.05, 0) is 12.1 Å². The Balaban J connectivity index is 2.16. The number of aromatic hydroxyl groups is 3. The quantitative estimate of drug-likeness (QED) is 0.279. The lowest BCUT2D eigenvalue weighted by Gasteiger charge is -2.38. The largest absolute Gasteiger partial charge is 0.504 e. The Labute approximate surface area is 129 Å². The maximum absolute atomic E-state index is 12.0. The van der Waals surface area contributed by atoms with Crippen LogP contribution >= 0.6 is 0 Å². The summed E-state index contributed by atoms with van der Waals surface area (Å²) in [5.41, 5.74) is -0.344. The Morgan fingerprint density at radius 1 is 1.00 bits per heavy atom. The van der Waals surface area contributed by atoms with Crippen LogP contribution < -0.4 is 0 Å². The number of carbonyl (C=O) groups excluding carboxylic acids is 1. The summed E-state index contributed by atoms with van der Waals surface area (Å²) in [5.74, 6) is -3.45. The predicted molar refractivity (Wildman–Crippen MR) is 70.5 cm³/mol. The molecule has 0 saturated carbocycles. The molecule has 10 nitrogen and oxygen atoms in total. The third kappa shape index (κ3) is 3.30. The van der Waals surface area contributed by atoms with Crippen LogP contribution in [0.2, 0.25) is 0 Å². The van der Waals surface area contributed by atoms with Gasteiger partial charge in [-0.15, -0.1) is 0 Å². The Hall–Kier alpha value is -2.11. The van der Waals surface area contributed by atoms with Crippen LogP contribution in [0.25, 0.3) is 0 Å². The van der Waals surface area contributed by atoms with Crippen molar-refractivity contribution in [2.45, 2.75) is 30.9 Å². The molecule has 2 rings (SSSR count). The molecule has 1 aliphatic heterocycles. The molecule has 1 aromatic carbocycles. The van der Waals surface area contributed by atoms with Crippen molar-refractivity contribution in [3.8, 4) is 17.2 Å². The SMILES string of the molecule is CO[C@H]1OC(OC(=O)c2cc(O)c(O)c(O)c2)[C@H](O)[C@@H](O)[C@@H]1O. The number of hydrogen-bond donors (Lipinski definition) is 6. The number of aliphatic hydroxyl groups excluding tert-OH is 3. The molecule has 1 saturated heterocycles. The van der Waals surface area contributed by atoms with Crippen molar-refractivity contribution in [1.82, 2.24) is 0 Å². The summed E-state index contributed by atoms with van der Waals surface area (Å²) >= 11 is 0. The smallest absolute Gasteiger partial charge is 0.340 e. The maximum atomic E-state index is 12.0. The van der Waals surface area contributed by atoms with Crippen molar-refractivity contribution in [3.63, 3.8) is 0 Å². The first-order valence-corrected chi connectivity index (χ1v) is 6.44. The van der Waals surface area contributed by atoms with E-state index in [4.69, 9.17) is 14.2 Å². The van der Waals surface area contributed by atoms with Crippen LogP contribution in [0.4, 0.5) is 0 Å². The maximum Gasteiger partial charge on any atom is 0.340 e. The van der Waals surface area contributed by atoms with Crippen LogP contribution in [0, 0.1) is 0 Å². The number of methoxy groups -OCH3 is 1. The molecule has 0 aromatic heterocycles. The second kappa shape index (κ2) is 6.56. The summed E-state index contributed by atoms with van der Waals surface area (Å²) in [5, 5.41) is 56.9. The number of carbonyl (C=O) groups is 1. The lowest BCUT2D eigenvalue weighted by atomic mass is 10.0. The normalized spacial score (nSPS) is 30.9. The van der Waals surface area contributed by atoms with Gasteiger partial charge in [0.15, 0.2) is 23.5 Å². The molecule has 1 aliphatic rings. The van der Waals surface area contributed by atoms with Gasteiger partial charge in [0.05, 0.1) is 5.56 Å². The molecular formula is C13H16O10. The average Bonchev–Trinajstić information content (AvgIpc) is 2.52. The number of esters is 1. The molecule has 23 heavy (non-hydrogen) atoms. The first-order valence-electron chi connectivity index (χ1n) is 6.44. The number of aliphatic hydroxyl groups is 3. The Bertz CT molecular complexity index is 563. The summed E-state index contributed by atoms with van der Waals surface area (Å²) in [6, 6.07) is 1.65. The van der Waals surface area contributed by atoms with E-state index in [1.54, 1.807) is 0 Å². The van der Waals surface area contributed by atoms with Crippen LogP contribution in [0.1, 0.15) is 10.4 Å². The van der Waals surface area contributed by atoms with E-state index in [2.05, 4.69) is 0 Å². The van der Waals surface area contributed by atoms with E-state index in [1.165, 1.54) is 7.11 Å². The molecule has 1 fully saturated rings. The first kappa shape index (κ1) is 17.2. The molecule has 0 radical (unpaired) electrons. The van der Waals surface area contributed by atoms with Gasteiger partial charge in [-0.1, -0.05) is 0 Å². The van der Waals surface area contributed by atoms with Gasteiger partial charge in [-0.2, -0.15) is 0 Å². The fourth-order valence-electron chi connectivity index (χ4n) is 2.01. The van der Waals surface area contributed by atoms with Gasteiger partial charge in [0.25, 0.3) is 0 Å². The number of rotatable bonds is 3. The third-order valence-corrected chi connectivity index (χ3v) is 3.29. The van der Waals surface area contributed by atoms with Crippen molar-refractivity contribution in [1.29, 1.82) is 0 Å². The number of hydrogen-bond acceptors (Lipinski definition) is 10. The highest BCUT2D eigenvalue weighted by atomic mass is 16.8. The van der Waals surface area contributed by atoms with E-state index in [1.807, 2.05) is 0 Å². The lowest BCUT2D eigenvalue weighted by Crippen LogP contribution is -2.59. The topological polar surface area (TPSA) is 166 Å². The van der Waals surface area contributed by atoms with Crippen molar-refractivity contribution in [3.05, 3.63) is 17.7 Å². The highest BCUT2D eigenvalue weighted by Crippen LogP contribution is 2.35. The zero-order valence-electron chi connectivity index (χ0n) is 11.9. The van der Waals surface area contributed by atoms with Gasteiger partial charge in [0, 0.05) is 7.11 Å². The van der Waals surface area contributed by atoms with Gasteiger partial charge in [0.2, 0.25) is 6.29 Å². The molecule has 0 spiro atoms. The third-order valence-electron chi connectivity index (χ3n) is 3.29. The van der Waals surface area contributed by atoms with Crippen molar-refractivity contribution in [2.75, 3.05) is 7.11 Å². The van der Waals surface area contributed by atoms with Crippen LogP contribution in [-0.2, 0) is 14.2 Å². The number of benzene rings is 1. The number of phenolic OH excluding ortho intramolecular Hbond substituents is 3. The minimum absolute atomic E-state index is 0.344. The first-order chi connectivity index (χ1) is 10.8. The minimum atomic E-state index is -1.75. The molecule has 1 heterocycles. The van der Waals surface area contributed by atoms with E-state index in [0.29, 0.717) is 0 Å². The molecule has 1 unspecified atom stereocenters. The second-order valence-electron chi connectivity index (χ2n) is 4.85. The molecule has 10 heteroatoms. The summed E-state index contributed by atoms with van der Waals surface area (Å²) in [6.07, 6.45) is -7.99. The van der Waals surface area contributed by atoms with Crippen molar-refractivity contribution in [2.24, 2.45) is 0 Å². The van der Waals surface area contributed by atoms with E-state index in [-0.39, 0.29) is 5.56 Å². The van der Waals surface area contributed by atoms with E-state index < -0.39 is 54.1 Å². The zero-order chi connectivity index (χ0) is 17.3. The highest BCUT2D eigenvalue weighted by molar-refractivity contribution is 5.91. The molecule has 1 aromatic rings. The van der Waals surface area contributed by atoms with Crippen LogP contribution in [0.15, 0.2) is 12.1 Å².